The fraction of sp³-hybridized carbons (Fsp3) is 0.900. The van der Waals surface area contributed by atoms with E-state index >= 15 is 0 Å². The molecule has 0 spiro atoms. The Hall–Kier alpha value is -0.820. The number of nitrogens with one attached hydrogen (secondary N) is 1. The Bertz CT molecular complexity index is 271. The van der Waals surface area contributed by atoms with Gasteiger partial charge in [-0.3, -0.25) is 9.69 Å². The smallest absolute Gasteiger partial charge is 0.396 e. The molecule has 0 saturated carbocycles. The van der Waals surface area contributed by atoms with Crippen LogP contribution in [0.2, 0.25) is 0 Å². The van der Waals surface area contributed by atoms with E-state index in [1.807, 2.05) is 5.32 Å². The molecule has 0 radical (unpaired) electrons. The highest BCUT2D eigenvalue weighted by atomic mass is 19.4. The fourth-order valence-corrected chi connectivity index (χ4v) is 1.86. The molecule has 0 aromatic rings. The van der Waals surface area contributed by atoms with Crippen molar-refractivity contribution in [2.45, 2.75) is 25.6 Å². The topological polar surface area (TPSA) is 52.6 Å². The number of carbonyl (C=O) groups excluding carboxylic acids is 1. The standard InChI is InChI=1S/C10H17F3N2O2/c1-7(9(17)14-6-10(11,12)13)15-3-2-8(4-15)5-16/h7-8,16H,2-6H2,1H3,(H,14,17)/t7-,8-/m1/s1. The number of alkyl halides is 3. The molecule has 1 fully saturated rings. The Labute approximate surface area is 97.8 Å². The lowest BCUT2D eigenvalue weighted by Gasteiger charge is -2.23. The molecule has 0 aromatic carbocycles. The summed E-state index contributed by atoms with van der Waals surface area (Å²) in [6.45, 7) is 1.51. The first-order valence-electron chi connectivity index (χ1n) is 5.53. The molecule has 2 N–H and O–H groups in total. The third kappa shape index (κ3) is 4.51. The maximum absolute atomic E-state index is 11.9. The van der Waals surface area contributed by atoms with Gasteiger partial charge in [0.2, 0.25) is 5.91 Å². The van der Waals surface area contributed by atoms with E-state index in [-0.39, 0.29) is 12.5 Å². The zero-order valence-electron chi connectivity index (χ0n) is 9.63. The van der Waals surface area contributed by atoms with Crippen molar-refractivity contribution in [2.75, 3.05) is 26.2 Å². The van der Waals surface area contributed by atoms with E-state index < -0.39 is 24.7 Å². The van der Waals surface area contributed by atoms with E-state index in [1.165, 1.54) is 0 Å². The highest BCUT2D eigenvalue weighted by Gasteiger charge is 2.32. The van der Waals surface area contributed by atoms with Crippen molar-refractivity contribution in [3.63, 3.8) is 0 Å². The van der Waals surface area contributed by atoms with Crippen LogP contribution in [0.3, 0.4) is 0 Å². The van der Waals surface area contributed by atoms with Crippen LogP contribution in [0.1, 0.15) is 13.3 Å². The molecule has 2 atom stereocenters. The summed E-state index contributed by atoms with van der Waals surface area (Å²) >= 11 is 0. The molecule has 4 nitrogen and oxygen atoms in total. The van der Waals surface area contributed by atoms with Gasteiger partial charge < -0.3 is 10.4 Å². The van der Waals surface area contributed by atoms with Gasteiger partial charge in [0.1, 0.15) is 6.54 Å². The number of amides is 1. The van der Waals surface area contributed by atoms with Crippen molar-refractivity contribution >= 4 is 5.91 Å². The summed E-state index contributed by atoms with van der Waals surface area (Å²) in [5, 5.41) is 10.8. The quantitative estimate of drug-likeness (QED) is 0.762. The van der Waals surface area contributed by atoms with Crippen LogP contribution in [0.4, 0.5) is 13.2 Å². The van der Waals surface area contributed by atoms with Crippen LogP contribution in [0.15, 0.2) is 0 Å². The minimum absolute atomic E-state index is 0.0490. The van der Waals surface area contributed by atoms with Gasteiger partial charge in [0, 0.05) is 13.2 Å². The SMILES string of the molecule is C[C@H](C(=O)NCC(F)(F)F)N1CC[C@@H](CO)C1. The maximum Gasteiger partial charge on any atom is 0.405 e. The number of rotatable bonds is 4. The molecule has 0 bridgehead atoms. The minimum atomic E-state index is -4.38. The normalized spacial score (nSPS) is 23.7. The second kappa shape index (κ2) is 5.68. The van der Waals surface area contributed by atoms with Gasteiger partial charge in [-0.05, 0) is 25.8 Å². The predicted octanol–water partition coefficient (Wildman–Crippen LogP) is 0.368. The maximum atomic E-state index is 11.9. The fourth-order valence-electron chi connectivity index (χ4n) is 1.86. The summed E-state index contributed by atoms with van der Waals surface area (Å²) in [6, 6.07) is -0.589. The van der Waals surface area contributed by atoms with Gasteiger partial charge in [0.05, 0.1) is 6.04 Å². The lowest BCUT2D eigenvalue weighted by atomic mass is 10.1. The lowest BCUT2D eigenvalue weighted by Crippen LogP contribution is -2.46. The van der Waals surface area contributed by atoms with Crippen LogP contribution in [-0.4, -0.2) is 54.4 Å². The molecule has 7 heteroatoms. The molecule has 1 aliphatic rings. The number of carbonyl (C=O) groups is 1. The molecule has 1 amide bonds. The van der Waals surface area contributed by atoms with Gasteiger partial charge in [-0.2, -0.15) is 13.2 Å². The molecular weight excluding hydrogens is 237 g/mol. The van der Waals surface area contributed by atoms with E-state index in [9.17, 15) is 18.0 Å². The summed E-state index contributed by atoms with van der Waals surface area (Å²) in [4.78, 5) is 13.2. The van der Waals surface area contributed by atoms with E-state index in [2.05, 4.69) is 0 Å². The van der Waals surface area contributed by atoms with Crippen molar-refractivity contribution < 1.29 is 23.1 Å². The molecule has 1 saturated heterocycles. The molecular formula is C10H17F3N2O2. The van der Waals surface area contributed by atoms with Gasteiger partial charge >= 0.3 is 6.18 Å². The second-order valence-corrected chi connectivity index (χ2v) is 4.34. The zero-order valence-corrected chi connectivity index (χ0v) is 9.63. The van der Waals surface area contributed by atoms with Crippen LogP contribution in [-0.2, 0) is 4.79 Å². The van der Waals surface area contributed by atoms with Crippen molar-refractivity contribution in [3.05, 3.63) is 0 Å². The summed E-state index contributed by atoms with van der Waals surface area (Å²) in [6.07, 6.45) is -3.61. The number of nitrogens with zero attached hydrogens (tertiary/aromatic N) is 1. The Balaban J connectivity index is 2.37. The first kappa shape index (κ1) is 14.2. The first-order chi connectivity index (χ1) is 7.83. The Kier molecular flexibility index (Phi) is 4.76. The highest BCUT2D eigenvalue weighted by molar-refractivity contribution is 5.81. The van der Waals surface area contributed by atoms with E-state index in [1.54, 1.807) is 11.8 Å². The van der Waals surface area contributed by atoms with Gasteiger partial charge in [0.15, 0.2) is 0 Å². The summed E-state index contributed by atoms with van der Waals surface area (Å²) in [7, 11) is 0. The molecule has 0 aromatic heterocycles. The van der Waals surface area contributed by atoms with Crippen LogP contribution < -0.4 is 5.32 Å². The second-order valence-electron chi connectivity index (χ2n) is 4.34. The van der Waals surface area contributed by atoms with Crippen molar-refractivity contribution in [2.24, 2.45) is 5.92 Å². The number of halogens is 3. The third-order valence-corrected chi connectivity index (χ3v) is 2.97. The first-order valence-corrected chi connectivity index (χ1v) is 5.53. The van der Waals surface area contributed by atoms with Crippen LogP contribution in [0.25, 0.3) is 0 Å². The Morgan fingerprint density at radius 3 is 2.71 bits per heavy atom. The number of hydrogen-bond acceptors (Lipinski definition) is 3. The molecule has 1 rings (SSSR count). The van der Waals surface area contributed by atoms with E-state index in [4.69, 9.17) is 5.11 Å². The molecule has 0 aliphatic carbocycles. The van der Waals surface area contributed by atoms with Gasteiger partial charge in [-0.25, -0.2) is 0 Å². The largest absolute Gasteiger partial charge is 0.405 e. The molecule has 100 valence electrons. The van der Waals surface area contributed by atoms with Crippen molar-refractivity contribution in [1.29, 1.82) is 0 Å². The van der Waals surface area contributed by atoms with Crippen LogP contribution in [0, 0.1) is 5.92 Å². The monoisotopic (exact) mass is 254 g/mol. The predicted molar refractivity (Wildman–Crippen MR) is 55.3 cm³/mol. The van der Waals surface area contributed by atoms with Crippen molar-refractivity contribution in [3.8, 4) is 0 Å². The summed E-state index contributed by atoms with van der Waals surface area (Å²) < 4.78 is 35.7. The molecule has 17 heavy (non-hydrogen) atoms. The average molecular weight is 254 g/mol. The van der Waals surface area contributed by atoms with Gasteiger partial charge in [0.25, 0.3) is 0 Å². The Morgan fingerprint density at radius 2 is 2.24 bits per heavy atom. The number of aliphatic hydroxyl groups excluding tert-OH is 1. The van der Waals surface area contributed by atoms with Crippen molar-refractivity contribution in [1.82, 2.24) is 10.2 Å². The van der Waals surface area contributed by atoms with Crippen LogP contribution >= 0.6 is 0 Å². The molecule has 1 heterocycles. The van der Waals surface area contributed by atoms with Gasteiger partial charge in [-0.15, -0.1) is 0 Å². The highest BCUT2D eigenvalue weighted by Crippen LogP contribution is 2.18. The lowest BCUT2D eigenvalue weighted by molar-refractivity contribution is -0.141. The third-order valence-electron chi connectivity index (χ3n) is 2.97. The molecule has 0 unspecified atom stereocenters. The number of aliphatic hydroxyl groups is 1. The zero-order chi connectivity index (χ0) is 13.1. The van der Waals surface area contributed by atoms with Crippen LogP contribution in [0.5, 0.6) is 0 Å². The molecule has 1 aliphatic heterocycles. The van der Waals surface area contributed by atoms with Gasteiger partial charge in [-0.1, -0.05) is 0 Å². The number of hydrogen-bond donors (Lipinski definition) is 2. The van der Waals surface area contributed by atoms with E-state index in [0.717, 1.165) is 6.42 Å². The summed E-state index contributed by atoms with van der Waals surface area (Å²) in [5.41, 5.74) is 0. The minimum Gasteiger partial charge on any atom is -0.396 e. The number of likely N-dealkylation sites (tertiary alicyclic amines) is 1. The summed E-state index contributed by atoms with van der Waals surface area (Å²) in [5.74, 6) is -0.506. The van der Waals surface area contributed by atoms with E-state index in [0.29, 0.717) is 13.1 Å². The average Bonchev–Trinajstić information content (AvgIpc) is 2.72. The Morgan fingerprint density at radius 1 is 1.59 bits per heavy atom.